The van der Waals surface area contributed by atoms with Gasteiger partial charge in [-0.2, -0.15) is 0 Å². The van der Waals surface area contributed by atoms with Gasteiger partial charge < -0.3 is 15.1 Å². The van der Waals surface area contributed by atoms with Crippen molar-refractivity contribution < 1.29 is 23.0 Å². The van der Waals surface area contributed by atoms with E-state index < -0.39 is 27.3 Å². The fourth-order valence-corrected chi connectivity index (χ4v) is 3.43. The van der Waals surface area contributed by atoms with E-state index in [0.29, 0.717) is 13.9 Å². The minimum absolute atomic E-state index is 0.0406. The fourth-order valence-electron chi connectivity index (χ4n) is 2.50. The van der Waals surface area contributed by atoms with E-state index in [1.165, 1.54) is 12.1 Å². The first-order chi connectivity index (χ1) is 14.3. The SMILES string of the molecule is Cc1ccc(S(=O)(=O)NC(=O)NCCc2ccc(BOC(C)(C)C(C)(C)O)cc2)cc1. The van der Waals surface area contributed by atoms with Gasteiger partial charge in [-0.1, -0.05) is 47.4 Å². The van der Waals surface area contributed by atoms with Crippen LogP contribution in [0.25, 0.3) is 0 Å². The smallest absolute Gasteiger partial charge is 0.328 e. The Morgan fingerprint density at radius 3 is 2.16 bits per heavy atom. The molecule has 0 radical (unpaired) electrons. The summed E-state index contributed by atoms with van der Waals surface area (Å²) in [5.41, 5.74) is 1.23. The normalized spacial score (nSPS) is 12.3. The van der Waals surface area contributed by atoms with Crippen LogP contribution in [0.3, 0.4) is 0 Å². The molecule has 2 rings (SSSR count). The van der Waals surface area contributed by atoms with Crippen LogP contribution in [0.4, 0.5) is 4.79 Å². The van der Waals surface area contributed by atoms with Gasteiger partial charge in [0.1, 0.15) is 0 Å². The van der Waals surface area contributed by atoms with Crippen LogP contribution in [-0.2, 0) is 21.1 Å². The van der Waals surface area contributed by atoms with Gasteiger partial charge in [0.2, 0.25) is 0 Å². The number of urea groups is 1. The molecular weight excluding hydrogens is 415 g/mol. The molecule has 2 amide bonds. The molecule has 168 valence electrons. The van der Waals surface area contributed by atoms with Crippen molar-refractivity contribution in [3.63, 3.8) is 0 Å². The molecule has 3 N–H and O–H groups in total. The second-order valence-electron chi connectivity index (χ2n) is 8.60. The third-order valence-electron chi connectivity index (χ3n) is 5.35. The van der Waals surface area contributed by atoms with E-state index >= 15 is 0 Å². The minimum atomic E-state index is -3.90. The number of nitrogens with one attached hydrogen (secondary N) is 2. The largest absolute Gasteiger partial charge is 0.427 e. The summed E-state index contributed by atoms with van der Waals surface area (Å²) in [5.74, 6) is 0. The molecule has 9 heteroatoms. The zero-order chi connectivity index (χ0) is 23.3. The van der Waals surface area contributed by atoms with Gasteiger partial charge >= 0.3 is 13.5 Å². The van der Waals surface area contributed by atoms with Crippen LogP contribution in [0.2, 0.25) is 0 Å². The predicted molar refractivity (Wildman–Crippen MR) is 123 cm³/mol. The van der Waals surface area contributed by atoms with E-state index in [1.807, 2.05) is 49.8 Å². The Kier molecular flexibility index (Phi) is 7.91. The second kappa shape index (κ2) is 9.85. The molecule has 2 aromatic rings. The van der Waals surface area contributed by atoms with Crippen molar-refractivity contribution in [2.45, 2.75) is 57.1 Å². The van der Waals surface area contributed by atoms with Crippen LogP contribution in [-0.4, -0.2) is 44.8 Å². The first-order valence-corrected chi connectivity index (χ1v) is 11.6. The topological polar surface area (TPSA) is 105 Å². The molecule has 0 aliphatic heterocycles. The number of aliphatic hydroxyl groups is 1. The maximum Gasteiger partial charge on any atom is 0.328 e. The van der Waals surface area contributed by atoms with Gasteiger partial charge in [-0.25, -0.2) is 17.9 Å². The van der Waals surface area contributed by atoms with Crippen LogP contribution in [0.1, 0.15) is 38.8 Å². The van der Waals surface area contributed by atoms with Crippen molar-refractivity contribution >= 4 is 29.0 Å². The molecule has 2 aromatic carbocycles. The van der Waals surface area contributed by atoms with Crippen LogP contribution in [0.15, 0.2) is 53.4 Å². The number of rotatable bonds is 9. The van der Waals surface area contributed by atoms with Crippen LogP contribution in [0, 0.1) is 6.92 Å². The van der Waals surface area contributed by atoms with Crippen molar-refractivity contribution in [2.24, 2.45) is 0 Å². The summed E-state index contributed by atoms with van der Waals surface area (Å²) in [7, 11) is -3.53. The number of carbonyl (C=O) groups is 1. The average Bonchev–Trinajstić information content (AvgIpc) is 2.66. The highest BCUT2D eigenvalue weighted by Gasteiger charge is 2.35. The van der Waals surface area contributed by atoms with Gasteiger partial charge in [0.05, 0.1) is 16.1 Å². The number of sulfonamides is 1. The number of aryl methyl sites for hydroxylation is 1. The Morgan fingerprint density at radius 2 is 1.61 bits per heavy atom. The molecule has 0 bridgehead atoms. The summed E-state index contributed by atoms with van der Waals surface area (Å²) >= 11 is 0. The van der Waals surface area contributed by atoms with Gasteiger partial charge in [0.25, 0.3) is 10.0 Å². The van der Waals surface area contributed by atoms with Crippen molar-refractivity contribution in [1.29, 1.82) is 0 Å². The number of hydrogen-bond acceptors (Lipinski definition) is 5. The van der Waals surface area contributed by atoms with Crippen LogP contribution < -0.4 is 15.5 Å². The summed E-state index contributed by atoms with van der Waals surface area (Å²) in [6.45, 7) is 9.26. The number of carbonyl (C=O) groups excluding carboxylic acids is 1. The Labute approximate surface area is 185 Å². The zero-order valence-corrected chi connectivity index (χ0v) is 19.5. The lowest BCUT2D eigenvalue weighted by Gasteiger charge is -2.37. The number of benzene rings is 2. The van der Waals surface area contributed by atoms with Crippen molar-refractivity contribution in [3.05, 3.63) is 59.7 Å². The molecule has 7 nitrogen and oxygen atoms in total. The highest BCUT2D eigenvalue weighted by atomic mass is 32.2. The maximum atomic E-state index is 12.2. The molecule has 0 aliphatic carbocycles. The third kappa shape index (κ3) is 7.38. The van der Waals surface area contributed by atoms with Crippen LogP contribution in [0.5, 0.6) is 0 Å². The van der Waals surface area contributed by atoms with Crippen molar-refractivity contribution in [1.82, 2.24) is 10.0 Å². The highest BCUT2D eigenvalue weighted by molar-refractivity contribution is 7.90. The maximum absolute atomic E-state index is 12.2. The average molecular weight is 446 g/mol. The number of hydrogen-bond donors (Lipinski definition) is 3. The summed E-state index contributed by atoms with van der Waals surface area (Å²) in [6.07, 6.45) is 0.550. The molecule has 0 aromatic heterocycles. The molecule has 0 aliphatic rings. The van der Waals surface area contributed by atoms with E-state index in [-0.39, 0.29) is 11.4 Å². The summed E-state index contributed by atoms with van der Waals surface area (Å²) in [5, 5.41) is 12.7. The molecule has 0 atom stereocenters. The van der Waals surface area contributed by atoms with Gasteiger partial charge in [-0.3, -0.25) is 0 Å². The Bertz CT molecular complexity index is 982. The van der Waals surface area contributed by atoms with Gasteiger partial charge in [0.15, 0.2) is 0 Å². The first kappa shape index (κ1) is 24.9. The summed E-state index contributed by atoms with van der Waals surface area (Å²) < 4.78 is 32.3. The first-order valence-electron chi connectivity index (χ1n) is 10.1. The van der Waals surface area contributed by atoms with E-state index in [2.05, 4.69) is 5.32 Å². The standard InChI is InChI=1S/C22H31BN2O5S/c1-16-6-12-19(13-7-16)31(28,29)25-20(26)24-15-14-17-8-10-18(11-9-17)23-30-22(4,5)21(2,3)27/h6-13,23,27H,14-15H2,1-5H3,(H2,24,25,26). The fraction of sp³-hybridized carbons (Fsp3) is 0.409. The summed E-state index contributed by atoms with van der Waals surface area (Å²) in [6, 6.07) is 13.2. The predicted octanol–water partition coefficient (Wildman–Crippen LogP) is 1.77. The minimum Gasteiger partial charge on any atom is -0.427 e. The molecule has 0 saturated heterocycles. The molecule has 0 heterocycles. The molecular formula is C22H31BN2O5S. The van der Waals surface area contributed by atoms with Gasteiger partial charge in [-0.15, -0.1) is 0 Å². The lowest BCUT2D eigenvalue weighted by molar-refractivity contribution is -0.0893. The van der Waals surface area contributed by atoms with Gasteiger partial charge in [0, 0.05) is 6.54 Å². The lowest BCUT2D eigenvalue weighted by atomic mass is 9.82. The molecule has 31 heavy (non-hydrogen) atoms. The van der Waals surface area contributed by atoms with Crippen molar-refractivity contribution in [3.8, 4) is 0 Å². The molecule has 0 unspecified atom stereocenters. The lowest BCUT2D eigenvalue weighted by Crippen LogP contribution is -2.49. The molecule has 0 spiro atoms. The Balaban J connectivity index is 1.80. The monoisotopic (exact) mass is 446 g/mol. The van der Waals surface area contributed by atoms with E-state index in [1.54, 1.807) is 26.0 Å². The second-order valence-corrected chi connectivity index (χ2v) is 10.3. The summed E-state index contributed by atoms with van der Waals surface area (Å²) in [4.78, 5) is 12.0. The molecule has 0 fully saturated rings. The van der Waals surface area contributed by atoms with Crippen LogP contribution >= 0.6 is 0 Å². The van der Waals surface area contributed by atoms with E-state index in [0.717, 1.165) is 16.6 Å². The van der Waals surface area contributed by atoms with Crippen molar-refractivity contribution in [2.75, 3.05) is 6.54 Å². The third-order valence-corrected chi connectivity index (χ3v) is 6.70. The zero-order valence-electron chi connectivity index (χ0n) is 18.7. The molecule has 0 saturated carbocycles. The number of amides is 2. The van der Waals surface area contributed by atoms with Gasteiger partial charge in [-0.05, 0) is 58.7 Å². The van der Waals surface area contributed by atoms with E-state index in [9.17, 15) is 18.3 Å². The quantitative estimate of drug-likeness (QED) is 0.510. The Morgan fingerprint density at radius 1 is 1.03 bits per heavy atom. The Hall–Kier alpha value is -2.36. The highest BCUT2D eigenvalue weighted by Crippen LogP contribution is 2.24. The van der Waals surface area contributed by atoms with E-state index in [4.69, 9.17) is 4.65 Å².